The predicted octanol–water partition coefficient (Wildman–Crippen LogP) is 0.169. The Morgan fingerprint density at radius 2 is 1.71 bits per heavy atom. The summed E-state index contributed by atoms with van der Waals surface area (Å²) in [6, 6.07) is 0. The highest BCUT2D eigenvalue weighted by atomic mass is 16.5. The maximum absolute atomic E-state index is 12.1. The predicted molar refractivity (Wildman–Crippen MR) is 60.1 cm³/mol. The fraction of sp³-hybridized carbons (Fsp3) is 0.833. The summed E-state index contributed by atoms with van der Waals surface area (Å²) >= 11 is 0. The van der Waals surface area contributed by atoms with Gasteiger partial charge in [0.05, 0.1) is 12.1 Å². The van der Waals surface area contributed by atoms with Gasteiger partial charge in [-0.15, -0.1) is 0 Å². The van der Waals surface area contributed by atoms with Crippen molar-refractivity contribution < 1.29 is 19.4 Å². The van der Waals surface area contributed by atoms with Gasteiger partial charge in [0.1, 0.15) is 0 Å². The molecule has 2 unspecified atom stereocenters. The van der Waals surface area contributed by atoms with E-state index in [4.69, 9.17) is 4.74 Å². The zero-order valence-electron chi connectivity index (χ0n) is 10.3. The summed E-state index contributed by atoms with van der Waals surface area (Å²) < 4.78 is 5.25. The molecule has 2 saturated heterocycles. The van der Waals surface area contributed by atoms with Crippen LogP contribution >= 0.6 is 0 Å². The minimum atomic E-state index is -0.731. The van der Waals surface area contributed by atoms with E-state index < -0.39 is 5.54 Å². The van der Waals surface area contributed by atoms with Crippen molar-refractivity contribution in [2.45, 2.75) is 32.2 Å². The minimum Gasteiger partial charge on any atom is -0.394 e. The molecule has 0 radical (unpaired) electrons. The zero-order chi connectivity index (χ0) is 12.6. The number of ether oxygens (including phenoxy) is 1. The number of hydrogen-bond donors (Lipinski definition) is 1. The molecule has 5 nitrogen and oxygen atoms in total. The molecular weight excluding hydrogens is 222 g/mol. The third-order valence-corrected chi connectivity index (χ3v) is 4.16. The Bertz CT molecular complexity index is 315. The van der Waals surface area contributed by atoms with Crippen molar-refractivity contribution in [3.05, 3.63) is 0 Å². The lowest BCUT2D eigenvalue weighted by Gasteiger charge is -2.42. The van der Waals surface area contributed by atoms with Gasteiger partial charge in [0.25, 0.3) is 0 Å². The van der Waals surface area contributed by atoms with E-state index in [1.54, 1.807) is 13.8 Å². The van der Waals surface area contributed by atoms with E-state index in [0.717, 1.165) is 0 Å². The molecule has 2 atom stereocenters. The van der Waals surface area contributed by atoms with Crippen LogP contribution in [0.5, 0.6) is 0 Å². The van der Waals surface area contributed by atoms with Gasteiger partial charge in [-0.1, -0.05) is 13.8 Å². The zero-order valence-corrected chi connectivity index (χ0v) is 10.3. The maximum Gasteiger partial charge on any atom is 0.233 e. The smallest absolute Gasteiger partial charge is 0.233 e. The molecule has 0 bridgehead atoms. The van der Waals surface area contributed by atoms with Gasteiger partial charge in [-0.3, -0.25) is 14.5 Å². The summed E-state index contributed by atoms with van der Waals surface area (Å²) in [4.78, 5) is 25.6. The van der Waals surface area contributed by atoms with Crippen molar-refractivity contribution in [1.82, 2.24) is 4.90 Å². The average molecular weight is 241 g/mol. The molecule has 2 fully saturated rings. The molecule has 0 spiro atoms. The topological polar surface area (TPSA) is 66.8 Å². The van der Waals surface area contributed by atoms with Crippen molar-refractivity contribution in [1.29, 1.82) is 0 Å². The molecule has 96 valence electrons. The number of rotatable bonds is 2. The first-order valence-corrected chi connectivity index (χ1v) is 6.10. The molecule has 0 saturated carbocycles. The number of hydrogen-bond acceptors (Lipinski definition) is 4. The van der Waals surface area contributed by atoms with Gasteiger partial charge in [-0.05, 0) is 12.8 Å². The summed E-state index contributed by atoms with van der Waals surface area (Å²) in [6.07, 6.45) is 1.06. The largest absolute Gasteiger partial charge is 0.394 e. The molecule has 0 aliphatic carbocycles. The number of aliphatic hydroxyl groups is 1. The highest BCUT2D eigenvalue weighted by Crippen LogP contribution is 2.36. The number of carbonyl (C=O) groups is 2. The highest BCUT2D eigenvalue weighted by molar-refractivity contribution is 6.05. The van der Waals surface area contributed by atoms with E-state index in [1.807, 2.05) is 0 Å². The summed E-state index contributed by atoms with van der Waals surface area (Å²) in [5, 5.41) is 9.61. The molecule has 0 aromatic rings. The van der Waals surface area contributed by atoms with E-state index >= 15 is 0 Å². The quantitative estimate of drug-likeness (QED) is 0.700. The van der Waals surface area contributed by atoms with Crippen LogP contribution < -0.4 is 0 Å². The van der Waals surface area contributed by atoms with Gasteiger partial charge in [0, 0.05) is 25.0 Å². The standard InChI is InChI=1S/C12H19NO4/c1-8-9(2)11(16)13(10(8)15)12(7-14)3-5-17-6-4-12/h8-9,14H,3-7H2,1-2H3. The fourth-order valence-electron chi connectivity index (χ4n) is 2.61. The fourth-order valence-corrected chi connectivity index (χ4v) is 2.61. The van der Waals surface area contributed by atoms with Gasteiger partial charge in [0.2, 0.25) is 11.8 Å². The van der Waals surface area contributed by atoms with Gasteiger partial charge >= 0.3 is 0 Å². The highest BCUT2D eigenvalue weighted by Gasteiger charge is 2.52. The molecule has 2 amide bonds. The van der Waals surface area contributed by atoms with Crippen LogP contribution in [0.4, 0.5) is 0 Å². The molecule has 2 aliphatic heterocycles. The summed E-state index contributed by atoms with van der Waals surface area (Å²) in [6.45, 7) is 4.35. The molecule has 17 heavy (non-hydrogen) atoms. The number of amides is 2. The lowest BCUT2D eigenvalue weighted by Crippen LogP contribution is -2.57. The second-order valence-electron chi connectivity index (χ2n) is 5.08. The van der Waals surface area contributed by atoms with E-state index in [1.165, 1.54) is 4.90 Å². The van der Waals surface area contributed by atoms with Crippen LogP contribution in [-0.2, 0) is 14.3 Å². The van der Waals surface area contributed by atoms with Gasteiger partial charge in [0.15, 0.2) is 0 Å². The first kappa shape index (κ1) is 12.5. The lowest BCUT2D eigenvalue weighted by molar-refractivity contribution is -0.154. The molecule has 0 aromatic heterocycles. The van der Waals surface area contributed by atoms with E-state index in [9.17, 15) is 14.7 Å². The second-order valence-corrected chi connectivity index (χ2v) is 5.08. The first-order valence-electron chi connectivity index (χ1n) is 6.10. The number of nitrogens with zero attached hydrogens (tertiary/aromatic N) is 1. The summed E-state index contributed by atoms with van der Waals surface area (Å²) in [5.41, 5.74) is -0.731. The van der Waals surface area contributed by atoms with Crippen molar-refractivity contribution in [2.24, 2.45) is 11.8 Å². The van der Waals surface area contributed by atoms with Crippen LogP contribution in [0.15, 0.2) is 0 Å². The Morgan fingerprint density at radius 1 is 1.24 bits per heavy atom. The van der Waals surface area contributed by atoms with Gasteiger partial charge in [-0.2, -0.15) is 0 Å². The molecule has 1 N–H and O–H groups in total. The Hall–Kier alpha value is -0.940. The Labute approximate surface area is 101 Å². The summed E-state index contributed by atoms with van der Waals surface area (Å²) in [5.74, 6) is -0.876. The lowest BCUT2D eigenvalue weighted by atomic mass is 9.89. The monoisotopic (exact) mass is 241 g/mol. The number of imide groups is 1. The Morgan fingerprint density at radius 3 is 2.12 bits per heavy atom. The first-order chi connectivity index (χ1) is 8.03. The van der Waals surface area contributed by atoms with Crippen LogP contribution in [-0.4, -0.2) is 47.2 Å². The Kier molecular flexibility index (Phi) is 3.23. The van der Waals surface area contributed by atoms with Gasteiger partial charge < -0.3 is 9.84 Å². The van der Waals surface area contributed by atoms with Crippen LogP contribution in [0.3, 0.4) is 0 Å². The average Bonchev–Trinajstić information content (AvgIpc) is 2.55. The van der Waals surface area contributed by atoms with Crippen LogP contribution in [0.25, 0.3) is 0 Å². The van der Waals surface area contributed by atoms with Crippen LogP contribution in [0.2, 0.25) is 0 Å². The normalized spacial score (nSPS) is 33.2. The van der Waals surface area contributed by atoms with E-state index in [-0.39, 0.29) is 30.3 Å². The molecule has 2 rings (SSSR count). The molecule has 2 heterocycles. The summed E-state index contributed by atoms with van der Waals surface area (Å²) in [7, 11) is 0. The molecule has 5 heteroatoms. The van der Waals surface area contributed by atoms with E-state index in [2.05, 4.69) is 0 Å². The van der Waals surface area contributed by atoms with Crippen molar-refractivity contribution in [2.75, 3.05) is 19.8 Å². The third kappa shape index (κ3) is 1.77. The second kappa shape index (κ2) is 4.38. The SMILES string of the molecule is CC1C(=O)N(C2(CO)CCOCC2)C(=O)C1C. The van der Waals surface area contributed by atoms with Gasteiger partial charge in [-0.25, -0.2) is 0 Å². The van der Waals surface area contributed by atoms with Crippen molar-refractivity contribution in [3.63, 3.8) is 0 Å². The minimum absolute atomic E-state index is 0.154. The van der Waals surface area contributed by atoms with Crippen molar-refractivity contribution in [3.8, 4) is 0 Å². The Balaban J connectivity index is 2.31. The van der Waals surface area contributed by atoms with Crippen LogP contribution in [0.1, 0.15) is 26.7 Å². The van der Waals surface area contributed by atoms with Crippen molar-refractivity contribution >= 4 is 11.8 Å². The third-order valence-electron chi connectivity index (χ3n) is 4.16. The number of carbonyl (C=O) groups excluding carboxylic acids is 2. The number of likely N-dealkylation sites (tertiary alicyclic amines) is 1. The number of aliphatic hydroxyl groups excluding tert-OH is 1. The maximum atomic E-state index is 12.1. The molecule has 0 aromatic carbocycles. The molecular formula is C12H19NO4. The van der Waals surface area contributed by atoms with E-state index in [0.29, 0.717) is 26.1 Å². The van der Waals surface area contributed by atoms with Crippen LogP contribution in [0, 0.1) is 11.8 Å². The molecule has 2 aliphatic rings.